The molecule has 0 amide bonds. The monoisotopic (exact) mass is 205 g/mol. The third-order valence-corrected chi connectivity index (χ3v) is 3.20. The first-order valence-electron chi connectivity index (χ1n) is 5.77. The summed E-state index contributed by atoms with van der Waals surface area (Å²) >= 11 is 0. The number of phenolic OH excluding ortho intramolecular Hbond substituents is 1. The molecule has 2 nitrogen and oxygen atoms in total. The molecule has 15 heavy (non-hydrogen) atoms. The van der Waals surface area contributed by atoms with Crippen molar-refractivity contribution in [1.82, 2.24) is 4.90 Å². The molecular weight excluding hydrogens is 186 g/mol. The molecule has 0 spiro atoms. The highest BCUT2D eigenvalue weighted by molar-refractivity contribution is 5.34. The zero-order valence-electron chi connectivity index (χ0n) is 9.32. The van der Waals surface area contributed by atoms with Crippen LogP contribution in [-0.4, -0.2) is 29.6 Å². The first kappa shape index (κ1) is 10.5. The molecule has 0 aromatic heterocycles. The van der Waals surface area contributed by atoms with Crippen molar-refractivity contribution in [1.29, 1.82) is 0 Å². The molecule has 1 unspecified atom stereocenters. The number of para-hydroxylation sites is 1. The Morgan fingerprint density at radius 2 is 1.93 bits per heavy atom. The van der Waals surface area contributed by atoms with Crippen LogP contribution in [0.1, 0.15) is 31.2 Å². The standard InChI is InChI=1S/C13H19NO/c1-11(10-14-8-4-5-9-14)12-6-2-3-7-13(12)15/h2-3,6-7,11,15H,4-5,8-10H2,1H3. The Hall–Kier alpha value is -1.02. The van der Waals surface area contributed by atoms with Crippen molar-refractivity contribution in [2.75, 3.05) is 19.6 Å². The van der Waals surface area contributed by atoms with Crippen LogP contribution in [-0.2, 0) is 0 Å². The van der Waals surface area contributed by atoms with E-state index in [2.05, 4.69) is 11.8 Å². The molecule has 2 heteroatoms. The van der Waals surface area contributed by atoms with Gasteiger partial charge in [-0.3, -0.25) is 0 Å². The topological polar surface area (TPSA) is 23.5 Å². The fourth-order valence-corrected chi connectivity index (χ4v) is 2.36. The van der Waals surface area contributed by atoms with Crippen molar-refractivity contribution in [2.24, 2.45) is 0 Å². The second-order valence-electron chi connectivity index (χ2n) is 4.47. The van der Waals surface area contributed by atoms with Crippen LogP contribution in [0.5, 0.6) is 5.75 Å². The third-order valence-electron chi connectivity index (χ3n) is 3.20. The van der Waals surface area contributed by atoms with Crippen LogP contribution in [0.25, 0.3) is 0 Å². The number of hydrogen-bond donors (Lipinski definition) is 1. The second kappa shape index (κ2) is 4.67. The summed E-state index contributed by atoms with van der Waals surface area (Å²) in [5.41, 5.74) is 1.07. The van der Waals surface area contributed by atoms with Gasteiger partial charge in [0, 0.05) is 6.54 Å². The lowest BCUT2D eigenvalue weighted by Crippen LogP contribution is -2.24. The number of nitrogens with zero attached hydrogens (tertiary/aromatic N) is 1. The van der Waals surface area contributed by atoms with Gasteiger partial charge in [0.1, 0.15) is 5.75 Å². The summed E-state index contributed by atoms with van der Waals surface area (Å²) in [5.74, 6) is 0.855. The fourth-order valence-electron chi connectivity index (χ4n) is 2.36. The quantitative estimate of drug-likeness (QED) is 0.820. The van der Waals surface area contributed by atoms with Gasteiger partial charge in [-0.05, 0) is 43.5 Å². The molecule has 0 saturated carbocycles. The lowest BCUT2D eigenvalue weighted by atomic mass is 10.00. The van der Waals surface area contributed by atoms with Crippen molar-refractivity contribution in [3.8, 4) is 5.75 Å². The highest BCUT2D eigenvalue weighted by Crippen LogP contribution is 2.26. The maximum Gasteiger partial charge on any atom is 0.119 e. The van der Waals surface area contributed by atoms with E-state index in [1.165, 1.54) is 25.9 Å². The Labute approximate surface area is 91.5 Å². The van der Waals surface area contributed by atoms with Crippen molar-refractivity contribution >= 4 is 0 Å². The smallest absolute Gasteiger partial charge is 0.119 e. The van der Waals surface area contributed by atoms with Crippen LogP contribution < -0.4 is 0 Å². The molecule has 1 heterocycles. The molecular formula is C13H19NO. The minimum absolute atomic E-state index is 0.421. The molecule has 1 fully saturated rings. The highest BCUT2D eigenvalue weighted by atomic mass is 16.3. The van der Waals surface area contributed by atoms with Crippen LogP contribution in [0.3, 0.4) is 0 Å². The maximum absolute atomic E-state index is 9.74. The number of likely N-dealkylation sites (tertiary alicyclic amines) is 1. The van der Waals surface area contributed by atoms with Crippen molar-refractivity contribution in [3.05, 3.63) is 29.8 Å². The van der Waals surface area contributed by atoms with Crippen LogP contribution in [0, 0.1) is 0 Å². The molecule has 82 valence electrons. The van der Waals surface area contributed by atoms with E-state index in [4.69, 9.17) is 0 Å². The summed E-state index contributed by atoms with van der Waals surface area (Å²) in [7, 11) is 0. The van der Waals surface area contributed by atoms with E-state index in [0.717, 1.165) is 12.1 Å². The Bertz CT molecular complexity index is 318. The van der Waals surface area contributed by atoms with Crippen molar-refractivity contribution in [2.45, 2.75) is 25.7 Å². The minimum Gasteiger partial charge on any atom is -0.508 e. The molecule has 2 rings (SSSR count). The van der Waals surface area contributed by atoms with E-state index >= 15 is 0 Å². The number of aromatic hydroxyl groups is 1. The van der Waals surface area contributed by atoms with Gasteiger partial charge in [0.05, 0.1) is 0 Å². The summed E-state index contributed by atoms with van der Waals surface area (Å²) in [5, 5.41) is 9.74. The number of benzene rings is 1. The Kier molecular flexibility index (Phi) is 3.27. The number of phenols is 1. The first-order chi connectivity index (χ1) is 7.27. The molecule has 1 aromatic carbocycles. The average molecular weight is 205 g/mol. The van der Waals surface area contributed by atoms with Gasteiger partial charge in [0.15, 0.2) is 0 Å². The summed E-state index contributed by atoms with van der Waals surface area (Å²) < 4.78 is 0. The van der Waals surface area contributed by atoms with Gasteiger partial charge in [-0.2, -0.15) is 0 Å². The van der Waals surface area contributed by atoms with Gasteiger partial charge in [0.2, 0.25) is 0 Å². The molecule has 1 aliphatic heterocycles. The predicted molar refractivity (Wildman–Crippen MR) is 62.2 cm³/mol. The largest absolute Gasteiger partial charge is 0.508 e. The lowest BCUT2D eigenvalue weighted by molar-refractivity contribution is 0.317. The van der Waals surface area contributed by atoms with Gasteiger partial charge < -0.3 is 10.0 Å². The van der Waals surface area contributed by atoms with Gasteiger partial charge in [-0.25, -0.2) is 0 Å². The molecule has 0 aliphatic carbocycles. The van der Waals surface area contributed by atoms with Gasteiger partial charge >= 0.3 is 0 Å². The first-order valence-corrected chi connectivity index (χ1v) is 5.77. The maximum atomic E-state index is 9.74. The Morgan fingerprint density at radius 1 is 1.27 bits per heavy atom. The average Bonchev–Trinajstić information content (AvgIpc) is 2.71. The Balaban J connectivity index is 2.00. The van der Waals surface area contributed by atoms with E-state index in [-0.39, 0.29) is 0 Å². The van der Waals surface area contributed by atoms with E-state index in [9.17, 15) is 5.11 Å². The van der Waals surface area contributed by atoms with Crippen molar-refractivity contribution in [3.63, 3.8) is 0 Å². The molecule has 1 aliphatic rings. The second-order valence-corrected chi connectivity index (χ2v) is 4.47. The molecule has 1 saturated heterocycles. The van der Waals surface area contributed by atoms with Gasteiger partial charge in [0.25, 0.3) is 0 Å². The molecule has 1 N–H and O–H groups in total. The normalized spacial score (nSPS) is 19.3. The van der Waals surface area contributed by atoms with Crippen LogP contribution in [0.4, 0.5) is 0 Å². The summed E-state index contributed by atoms with van der Waals surface area (Å²) in [6, 6.07) is 7.67. The van der Waals surface area contributed by atoms with Crippen LogP contribution in [0.2, 0.25) is 0 Å². The summed E-state index contributed by atoms with van der Waals surface area (Å²) in [6.45, 7) is 5.70. The number of rotatable bonds is 3. The highest BCUT2D eigenvalue weighted by Gasteiger charge is 2.17. The lowest BCUT2D eigenvalue weighted by Gasteiger charge is -2.21. The summed E-state index contributed by atoms with van der Waals surface area (Å²) in [4.78, 5) is 2.48. The predicted octanol–water partition coefficient (Wildman–Crippen LogP) is 2.59. The third kappa shape index (κ3) is 2.51. The zero-order valence-corrected chi connectivity index (χ0v) is 9.32. The van der Waals surface area contributed by atoms with Crippen LogP contribution in [0.15, 0.2) is 24.3 Å². The van der Waals surface area contributed by atoms with Crippen LogP contribution >= 0.6 is 0 Å². The van der Waals surface area contributed by atoms with E-state index in [0.29, 0.717) is 11.7 Å². The molecule has 1 atom stereocenters. The SMILES string of the molecule is CC(CN1CCCC1)c1ccccc1O. The number of hydrogen-bond acceptors (Lipinski definition) is 2. The van der Waals surface area contributed by atoms with E-state index in [1.807, 2.05) is 18.2 Å². The van der Waals surface area contributed by atoms with E-state index in [1.54, 1.807) is 6.07 Å². The van der Waals surface area contributed by atoms with Crippen molar-refractivity contribution < 1.29 is 5.11 Å². The fraction of sp³-hybridized carbons (Fsp3) is 0.538. The zero-order chi connectivity index (χ0) is 10.7. The molecule has 0 bridgehead atoms. The molecule has 1 aromatic rings. The molecule has 0 radical (unpaired) electrons. The Morgan fingerprint density at radius 3 is 2.60 bits per heavy atom. The van der Waals surface area contributed by atoms with Gasteiger partial charge in [-0.15, -0.1) is 0 Å². The van der Waals surface area contributed by atoms with Gasteiger partial charge in [-0.1, -0.05) is 25.1 Å². The summed E-state index contributed by atoms with van der Waals surface area (Å²) in [6.07, 6.45) is 2.65. The minimum atomic E-state index is 0.421. The van der Waals surface area contributed by atoms with E-state index < -0.39 is 0 Å².